The fraction of sp³-hybridized carbons (Fsp3) is 0.200. The molecule has 2 aromatic heterocycles. The van der Waals surface area contributed by atoms with E-state index in [0.717, 1.165) is 23.3 Å². The fourth-order valence-corrected chi connectivity index (χ4v) is 2.10. The van der Waals surface area contributed by atoms with Crippen LogP contribution in [0.15, 0.2) is 36.7 Å². The molecule has 0 aliphatic rings. The number of pyridine rings is 1. The Balaban J connectivity index is 1.93. The second-order valence-electron chi connectivity index (χ2n) is 4.67. The number of aromatic amines is 1. The Kier molecular flexibility index (Phi) is 2.59. The van der Waals surface area contributed by atoms with Crippen LogP contribution < -0.4 is 0 Å². The number of benzene rings is 1. The summed E-state index contributed by atoms with van der Waals surface area (Å²) >= 11 is 0. The van der Waals surface area contributed by atoms with E-state index in [1.54, 1.807) is 6.20 Å². The molecule has 2 heterocycles. The highest BCUT2D eigenvalue weighted by Gasteiger charge is 2.04. The van der Waals surface area contributed by atoms with Gasteiger partial charge in [0.15, 0.2) is 0 Å². The van der Waals surface area contributed by atoms with Gasteiger partial charge < -0.3 is 4.98 Å². The highest BCUT2D eigenvalue weighted by atomic mass is 14.9. The van der Waals surface area contributed by atoms with Gasteiger partial charge in [0, 0.05) is 12.6 Å². The molecule has 3 nitrogen and oxygen atoms in total. The summed E-state index contributed by atoms with van der Waals surface area (Å²) in [5.41, 5.74) is 5.91. The van der Waals surface area contributed by atoms with E-state index in [-0.39, 0.29) is 0 Å². The Labute approximate surface area is 106 Å². The molecule has 0 amide bonds. The van der Waals surface area contributed by atoms with E-state index in [4.69, 9.17) is 0 Å². The van der Waals surface area contributed by atoms with Crippen LogP contribution >= 0.6 is 0 Å². The topological polar surface area (TPSA) is 41.6 Å². The molecular weight excluding hydrogens is 222 g/mol. The molecule has 0 aliphatic carbocycles. The first-order valence-electron chi connectivity index (χ1n) is 6.07. The van der Waals surface area contributed by atoms with E-state index in [1.807, 2.05) is 12.3 Å². The van der Waals surface area contributed by atoms with Gasteiger partial charge in [-0.15, -0.1) is 0 Å². The Morgan fingerprint density at radius 2 is 2.00 bits per heavy atom. The summed E-state index contributed by atoms with van der Waals surface area (Å²) in [6.45, 7) is 4.27. The lowest BCUT2D eigenvalue weighted by atomic mass is 10.0. The molecular formula is C15H15N3. The lowest BCUT2D eigenvalue weighted by molar-refractivity contribution is 1.03. The monoisotopic (exact) mass is 237 g/mol. The molecule has 0 radical (unpaired) electrons. The maximum absolute atomic E-state index is 4.56. The van der Waals surface area contributed by atoms with Crippen molar-refractivity contribution in [1.29, 1.82) is 0 Å². The zero-order valence-corrected chi connectivity index (χ0v) is 10.6. The van der Waals surface area contributed by atoms with E-state index < -0.39 is 0 Å². The summed E-state index contributed by atoms with van der Waals surface area (Å²) in [5.74, 6) is 0.987. The average molecular weight is 237 g/mol. The summed E-state index contributed by atoms with van der Waals surface area (Å²) in [7, 11) is 0. The molecule has 18 heavy (non-hydrogen) atoms. The molecule has 0 fully saturated rings. The highest BCUT2D eigenvalue weighted by molar-refractivity contribution is 5.73. The first kappa shape index (κ1) is 11.0. The molecule has 1 N–H and O–H groups in total. The van der Waals surface area contributed by atoms with E-state index >= 15 is 0 Å². The third-order valence-electron chi connectivity index (χ3n) is 3.28. The minimum absolute atomic E-state index is 0.829. The maximum Gasteiger partial charge on any atom is 0.111 e. The van der Waals surface area contributed by atoms with E-state index in [1.165, 1.54) is 16.7 Å². The first-order valence-corrected chi connectivity index (χ1v) is 6.07. The van der Waals surface area contributed by atoms with Crippen molar-refractivity contribution in [2.45, 2.75) is 20.3 Å². The van der Waals surface area contributed by atoms with Gasteiger partial charge in [-0.2, -0.15) is 0 Å². The Bertz CT molecular complexity index is 665. The number of nitrogens with zero attached hydrogens (tertiary/aromatic N) is 2. The smallest absolute Gasteiger partial charge is 0.111 e. The highest BCUT2D eigenvalue weighted by Crippen LogP contribution is 2.15. The number of fused-ring (bicyclic) bond motifs is 1. The molecule has 0 bridgehead atoms. The minimum atomic E-state index is 0.829. The van der Waals surface area contributed by atoms with Crippen molar-refractivity contribution in [2.24, 2.45) is 0 Å². The average Bonchev–Trinajstić information content (AvgIpc) is 2.76. The van der Waals surface area contributed by atoms with Crippen LogP contribution in [0, 0.1) is 13.8 Å². The quantitative estimate of drug-likeness (QED) is 0.743. The van der Waals surface area contributed by atoms with E-state index in [2.05, 4.69) is 47.0 Å². The molecule has 0 saturated carbocycles. The van der Waals surface area contributed by atoms with Crippen LogP contribution in [-0.2, 0) is 6.42 Å². The first-order chi connectivity index (χ1) is 8.72. The number of rotatable bonds is 2. The Hall–Kier alpha value is -2.16. The summed E-state index contributed by atoms with van der Waals surface area (Å²) in [4.78, 5) is 12.0. The predicted octanol–water partition coefficient (Wildman–Crippen LogP) is 3.17. The van der Waals surface area contributed by atoms with Gasteiger partial charge in [0.25, 0.3) is 0 Å². The van der Waals surface area contributed by atoms with Crippen molar-refractivity contribution in [1.82, 2.24) is 15.0 Å². The normalized spacial score (nSPS) is 11.0. The fourth-order valence-electron chi connectivity index (χ4n) is 2.10. The van der Waals surface area contributed by atoms with Gasteiger partial charge in [0.2, 0.25) is 0 Å². The van der Waals surface area contributed by atoms with Crippen LogP contribution in [0.2, 0.25) is 0 Å². The second-order valence-corrected chi connectivity index (χ2v) is 4.67. The second kappa shape index (κ2) is 4.26. The van der Waals surface area contributed by atoms with Crippen LogP contribution in [0.25, 0.3) is 11.0 Å². The Morgan fingerprint density at radius 3 is 2.78 bits per heavy atom. The van der Waals surface area contributed by atoms with Crippen molar-refractivity contribution in [3.8, 4) is 0 Å². The van der Waals surface area contributed by atoms with E-state index in [0.29, 0.717) is 0 Å². The van der Waals surface area contributed by atoms with Crippen molar-refractivity contribution < 1.29 is 0 Å². The third-order valence-corrected chi connectivity index (χ3v) is 3.28. The lowest BCUT2D eigenvalue weighted by Crippen LogP contribution is -1.92. The van der Waals surface area contributed by atoms with Crippen molar-refractivity contribution in [3.05, 3.63) is 59.2 Å². The summed E-state index contributed by atoms with van der Waals surface area (Å²) in [5, 5.41) is 0. The van der Waals surface area contributed by atoms with Gasteiger partial charge >= 0.3 is 0 Å². The number of aromatic nitrogens is 3. The summed E-state index contributed by atoms with van der Waals surface area (Å²) < 4.78 is 0. The molecule has 0 spiro atoms. The molecule has 1 aromatic carbocycles. The minimum Gasteiger partial charge on any atom is -0.340 e. The molecule has 0 unspecified atom stereocenters. The van der Waals surface area contributed by atoms with Gasteiger partial charge in [-0.3, -0.25) is 4.98 Å². The van der Waals surface area contributed by atoms with Crippen LogP contribution in [0.1, 0.15) is 22.5 Å². The number of hydrogen-bond acceptors (Lipinski definition) is 2. The standard InChI is InChI=1S/C15H15N3/c1-10-3-4-12(7-11(10)2)8-15-17-13-5-6-16-9-14(13)18-15/h3-7,9H,8H2,1-2H3,(H,17,18). The van der Waals surface area contributed by atoms with Crippen molar-refractivity contribution in [3.63, 3.8) is 0 Å². The van der Waals surface area contributed by atoms with Crippen LogP contribution in [0.5, 0.6) is 0 Å². The SMILES string of the molecule is Cc1ccc(Cc2nc3ccncc3[nH]2)cc1C. The lowest BCUT2D eigenvalue weighted by Gasteiger charge is -2.03. The van der Waals surface area contributed by atoms with Crippen LogP contribution in [0.4, 0.5) is 0 Å². The molecule has 0 atom stereocenters. The Morgan fingerprint density at radius 1 is 1.11 bits per heavy atom. The van der Waals surface area contributed by atoms with Gasteiger partial charge in [0.1, 0.15) is 5.82 Å². The molecule has 3 rings (SSSR count). The van der Waals surface area contributed by atoms with Crippen LogP contribution in [-0.4, -0.2) is 15.0 Å². The van der Waals surface area contributed by atoms with E-state index in [9.17, 15) is 0 Å². The zero-order chi connectivity index (χ0) is 12.5. The van der Waals surface area contributed by atoms with Gasteiger partial charge in [-0.05, 0) is 36.6 Å². The number of aryl methyl sites for hydroxylation is 2. The third kappa shape index (κ3) is 1.99. The number of H-pyrrole nitrogens is 1. The molecule has 3 aromatic rings. The number of imidazole rings is 1. The van der Waals surface area contributed by atoms with Crippen molar-refractivity contribution >= 4 is 11.0 Å². The summed E-state index contributed by atoms with van der Waals surface area (Å²) in [6.07, 6.45) is 4.41. The molecule has 0 aliphatic heterocycles. The zero-order valence-electron chi connectivity index (χ0n) is 10.6. The van der Waals surface area contributed by atoms with Crippen molar-refractivity contribution in [2.75, 3.05) is 0 Å². The number of hydrogen-bond donors (Lipinski definition) is 1. The molecule has 0 saturated heterocycles. The maximum atomic E-state index is 4.56. The van der Waals surface area contributed by atoms with Crippen LogP contribution in [0.3, 0.4) is 0 Å². The number of nitrogens with one attached hydrogen (secondary N) is 1. The largest absolute Gasteiger partial charge is 0.340 e. The molecule has 3 heteroatoms. The van der Waals surface area contributed by atoms with Gasteiger partial charge in [-0.1, -0.05) is 18.2 Å². The summed E-state index contributed by atoms with van der Waals surface area (Å²) in [6, 6.07) is 8.47. The molecule has 90 valence electrons. The predicted molar refractivity (Wildman–Crippen MR) is 72.6 cm³/mol. The van der Waals surface area contributed by atoms with Gasteiger partial charge in [-0.25, -0.2) is 4.98 Å². The van der Waals surface area contributed by atoms with Gasteiger partial charge in [0.05, 0.1) is 17.2 Å².